The average molecular weight is 1300 g/mol. The highest BCUT2D eigenvalue weighted by Gasteiger charge is 2.57. The van der Waals surface area contributed by atoms with E-state index in [9.17, 15) is 14.4 Å². The first kappa shape index (κ1) is 71.1. The van der Waals surface area contributed by atoms with E-state index in [1.165, 1.54) is 29.5 Å². The van der Waals surface area contributed by atoms with E-state index in [0.717, 1.165) is 171 Å². The second-order valence-electron chi connectivity index (χ2n) is 29.7. The number of benzene rings is 5. The Morgan fingerprint density at radius 3 is 1.17 bits per heavy atom. The quantitative estimate of drug-likeness (QED) is 0.0775. The van der Waals surface area contributed by atoms with Crippen molar-refractivity contribution in [3.8, 4) is 11.5 Å². The molecule has 5 aliphatic carbocycles. The van der Waals surface area contributed by atoms with Crippen LogP contribution in [0.4, 0.5) is 14.4 Å². The summed E-state index contributed by atoms with van der Waals surface area (Å²) in [6, 6.07) is 49.0. The third-order valence-corrected chi connectivity index (χ3v) is 24.7. The molecule has 13 rings (SSSR count). The minimum Gasteiger partial charge on any atom is -0.497 e. The topological polar surface area (TPSA) is 135 Å². The molecule has 3 saturated heterocycles. The Bertz CT molecular complexity index is 3270. The highest BCUT2D eigenvalue weighted by molar-refractivity contribution is 5.79. The van der Waals surface area contributed by atoms with Gasteiger partial charge in [-0.05, 0) is 223 Å². The third kappa shape index (κ3) is 14.4. The van der Waals surface area contributed by atoms with Crippen molar-refractivity contribution in [2.24, 2.45) is 0 Å². The molecule has 3 aliphatic heterocycles. The smallest absolute Gasteiger partial charge is 0.320 e. The van der Waals surface area contributed by atoms with Gasteiger partial charge in [-0.1, -0.05) is 123 Å². The van der Waals surface area contributed by atoms with Crippen LogP contribution in [0.15, 0.2) is 140 Å². The standard InChI is InChI=1S/C31H43N3O3.C24H31N3O2.C23H35N3O2.CH4/c1-32(2)31(26-9-6-5-7-10-26)19-17-29(18-20-31)24-33(23-25-11-13-27(36-3)14-12-25)28(35)34(29)22-21-30(37-4)15-8-16-30;1-26(2)24(20-7-5-4-6-8-20)15-13-23(14-16-24)18-27(22(28)25-23)17-19-9-11-21(29-3)12-10-19;1-25(2)23(19-8-5-4-6-9-19)14-12-21(13-15-23)18-24-20(27)26(21)17-16-22(28-3)10-7-11-22;/h5-7,9-14H,8,15-24H2,1-4H3;4-12H,13-18H2,1-3H3,(H,25,28);4-6,8-9H,7,10-18H2,1-3H3,(H,24,27);1H4. The number of rotatable bonds is 20. The summed E-state index contributed by atoms with van der Waals surface area (Å²) < 4.78 is 22.3. The van der Waals surface area contributed by atoms with Crippen LogP contribution in [0.25, 0.3) is 0 Å². The molecular formula is C79H113N9O7. The van der Waals surface area contributed by atoms with Crippen LogP contribution in [-0.4, -0.2) is 184 Å². The molecule has 8 aliphatic rings. The zero-order chi connectivity index (χ0) is 66.4. The Hall–Kier alpha value is -6.69. The summed E-state index contributed by atoms with van der Waals surface area (Å²) >= 11 is 0. The first-order valence-corrected chi connectivity index (χ1v) is 35.0. The molecule has 16 nitrogen and oxygen atoms in total. The maximum atomic E-state index is 14.0. The van der Waals surface area contributed by atoms with E-state index in [0.29, 0.717) is 13.1 Å². The van der Waals surface area contributed by atoms with Crippen LogP contribution in [0.2, 0.25) is 0 Å². The molecule has 3 heterocycles. The van der Waals surface area contributed by atoms with Crippen LogP contribution in [0, 0.1) is 0 Å². The van der Waals surface area contributed by atoms with Gasteiger partial charge in [0.05, 0.1) is 42.0 Å². The number of carbonyl (C=O) groups is 3. The van der Waals surface area contributed by atoms with E-state index in [4.69, 9.17) is 18.9 Å². The summed E-state index contributed by atoms with van der Waals surface area (Å²) in [5.41, 5.74) is 6.21. The van der Waals surface area contributed by atoms with Crippen LogP contribution < -0.4 is 20.1 Å². The molecule has 0 unspecified atom stereocenters. The number of hydrogen-bond acceptors (Lipinski definition) is 10. The lowest BCUT2D eigenvalue weighted by molar-refractivity contribution is -0.0846. The van der Waals surface area contributed by atoms with Crippen molar-refractivity contribution >= 4 is 18.1 Å². The largest absolute Gasteiger partial charge is 0.497 e. The normalized spacial score (nSPS) is 28.1. The number of hydrogen-bond donors (Lipinski definition) is 2. The Balaban J connectivity index is 0.000000156. The molecule has 0 atom stereocenters. The third-order valence-electron chi connectivity index (χ3n) is 24.7. The number of nitrogens with zero attached hydrogens (tertiary/aromatic N) is 7. The fourth-order valence-electron chi connectivity index (χ4n) is 17.8. The maximum Gasteiger partial charge on any atom is 0.320 e. The van der Waals surface area contributed by atoms with E-state index in [2.05, 4.69) is 185 Å². The second-order valence-corrected chi connectivity index (χ2v) is 29.7. The van der Waals surface area contributed by atoms with Gasteiger partial charge in [-0.15, -0.1) is 0 Å². The Labute approximate surface area is 569 Å². The molecule has 5 aromatic rings. The average Bonchev–Trinajstić information content (AvgIpc) is 1.61. The molecule has 5 saturated carbocycles. The first-order chi connectivity index (χ1) is 45.3. The minimum atomic E-state index is -0.128. The molecule has 0 bridgehead atoms. The first-order valence-electron chi connectivity index (χ1n) is 35.0. The highest BCUT2D eigenvalue weighted by atomic mass is 16.5. The van der Waals surface area contributed by atoms with Crippen molar-refractivity contribution in [1.29, 1.82) is 0 Å². The minimum absolute atomic E-state index is 0. The van der Waals surface area contributed by atoms with Gasteiger partial charge in [0.2, 0.25) is 0 Å². The van der Waals surface area contributed by atoms with E-state index in [1.54, 1.807) is 14.2 Å². The van der Waals surface area contributed by atoms with Crippen LogP contribution in [-0.2, 0) is 39.2 Å². The number of amides is 6. The predicted octanol–water partition coefficient (Wildman–Crippen LogP) is 14.0. The van der Waals surface area contributed by atoms with Gasteiger partial charge in [0, 0.05) is 76.6 Å². The molecule has 5 aromatic carbocycles. The van der Waals surface area contributed by atoms with Crippen LogP contribution in [0.1, 0.15) is 164 Å². The van der Waals surface area contributed by atoms with Gasteiger partial charge >= 0.3 is 18.1 Å². The lowest BCUT2D eigenvalue weighted by Gasteiger charge is -2.51. The van der Waals surface area contributed by atoms with E-state index < -0.39 is 0 Å². The molecule has 95 heavy (non-hydrogen) atoms. The van der Waals surface area contributed by atoms with Gasteiger partial charge in [-0.3, -0.25) is 14.7 Å². The zero-order valence-electron chi connectivity index (χ0n) is 58.4. The van der Waals surface area contributed by atoms with Crippen molar-refractivity contribution in [2.75, 3.05) is 103 Å². The van der Waals surface area contributed by atoms with Crippen LogP contribution in [0.5, 0.6) is 11.5 Å². The summed E-state index contributed by atoms with van der Waals surface area (Å²) in [5, 5.41) is 6.48. The van der Waals surface area contributed by atoms with Gasteiger partial charge in [0.15, 0.2) is 0 Å². The molecule has 0 aromatic heterocycles. The molecule has 8 fully saturated rings. The number of nitrogens with one attached hydrogen (secondary N) is 2. The number of urea groups is 3. The highest BCUT2D eigenvalue weighted by Crippen LogP contribution is 2.52. The van der Waals surface area contributed by atoms with E-state index >= 15 is 0 Å². The summed E-state index contributed by atoms with van der Waals surface area (Å²) in [5.74, 6) is 1.68. The Morgan fingerprint density at radius 2 is 0.800 bits per heavy atom. The lowest BCUT2D eigenvalue weighted by Crippen LogP contribution is -2.56. The van der Waals surface area contributed by atoms with Gasteiger partial charge in [-0.2, -0.15) is 0 Å². The van der Waals surface area contributed by atoms with Crippen LogP contribution >= 0.6 is 0 Å². The van der Waals surface area contributed by atoms with E-state index in [-0.39, 0.29) is 70.0 Å². The van der Waals surface area contributed by atoms with E-state index in [1.807, 2.05) is 55.5 Å². The van der Waals surface area contributed by atoms with Crippen molar-refractivity contribution < 1.29 is 33.3 Å². The summed E-state index contributed by atoms with van der Waals surface area (Å²) in [6.45, 7) is 5.19. The fraction of sp³-hybridized carbons (Fsp3) is 0.582. The maximum absolute atomic E-state index is 14.0. The lowest BCUT2D eigenvalue weighted by atomic mass is 9.68. The second kappa shape index (κ2) is 29.6. The number of methoxy groups -OCH3 is 4. The molecule has 2 N–H and O–H groups in total. The van der Waals surface area contributed by atoms with Gasteiger partial charge < -0.3 is 49.2 Å². The fourth-order valence-corrected chi connectivity index (χ4v) is 17.8. The number of ether oxygens (including phenoxy) is 4. The summed E-state index contributed by atoms with van der Waals surface area (Å²) in [6.07, 6.45) is 21.2. The van der Waals surface area contributed by atoms with Crippen molar-refractivity contribution in [2.45, 2.75) is 193 Å². The zero-order valence-corrected chi connectivity index (χ0v) is 58.4. The Morgan fingerprint density at radius 1 is 0.421 bits per heavy atom. The Kier molecular flexibility index (Phi) is 22.1. The van der Waals surface area contributed by atoms with Crippen molar-refractivity contribution in [1.82, 2.24) is 44.9 Å². The van der Waals surface area contributed by atoms with Gasteiger partial charge in [0.25, 0.3) is 0 Å². The SMILES string of the molecule is C.COC1(CCN2C(=O)NCC23CCC(c2ccccc2)(N(C)C)CC3)CCC1.COc1ccc(CN2CC3(CCC(c4ccccc4)(N(C)C)CC3)N(CCC3(OC)CCC3)C2=O)cc1.COc1ccc(CN2CC3(CCC(c4ccccc4)(N(C)C)CC3)NC2=O)cc1. The monoisotopic (exact) mass is 1300 g/mol. The summed E-state index contributed by atoms with van der Waals surface area (Å²) in [4.78, 5) is 54.9. The van der Waals surface area contributed by atoms with Gasteiger partial charge in [0.1, 0.15) is 11.5 Å². The van der Waals surface area contributed by atoms with Crippen LogP contribution in [0.3, 0.4) is 0 Å². The molecule has 16 heteroatoms. The number of carbonyl (C=O) groups excluding carboxylic acids is 3. The predicted molar refractivity (Wildman–Crippen MR) is 380 cm³/mol. The molecule has 3 spiro atoms. The molecule has 516 valence electrons. The molecular weight excluding hydrogens is 1190 g/mol. The molecule has 6 amide bonds. The molecule has 0 radical (unpaired) electrons. The summed E-state index contributed by atoms with van der Waals surface area (Å²) in [7, 11) is 20.2. The van der Waals surface area contributed by atoms with Crippen molar-refractivity contribution in [3.63, 3.8) is 0 Å². The van der Waals surface area contributed by atoms with Gasteiger partial charge in [-0.25, -0.2) is 14.4 Å². The van der Waals surface area contributed by atoms with Crippen molar-refractivity contribution in [3.05, 3.63) is 167 Å².